The van der Waals surface area contributed by atoms with E-state index in [0.29, 0.717) is 60.7 Å². The van der Waals surface area contributed by atoms with Gasteiger partial charge in [0.1, 0.15) is 16.6 Å². The first-order valence-corrected chi connectivity index (χ1v) is 17.8. The maximum absolute atomic E-state index is 14.0. The second-order valence-corrected chi connectivity index (χ2v) is 17.6. The zero-order valence-electron chi connectivity index (χ0n) is 24.9. The molecule has 1 unspecified atom stereocenters. The van der Waals surface area contributed by atoms with E-state index in [1.807, 2.05) is 19.9 Å². The van der Waals surface area contributed by atoms with Gasteiger partial charge in [0.2, 0.25) is 0 Å². The number of piperidine rings is 1. The van der Waals surface area contributed by atoms with Gasteiger partial charge in [0, 0.05) is 17.5 Å². The number of sulfone groups is 2. The minimum atomic E-state index is -3.63. The van der Waals surface area contributed by atoms with Crippen LogP contribution in [0.2, 0.25) is 5.02 Å². The summed E-state index contributed by atoms with van der Waals surface area (Å²) in [6.07, 6.45) is 2.85. The van der Waals surface area contributed by atoms with E-state index < -0.39 is 34.9 Å². The quantitative estimate of drug-likeness (QED) is 0.354. The van der Waals surface area contributed by atoms with Crippen LogP contribution in [0.5, 0.6) is 5.75 Å². The zero-order chi connectivity index (χ0) is 30.6. The lowest BCUT2D eigenvalue weighted by molar-refractivity contribution is 0.255. The lowest BCUT2D eigenvalue weighted by atomic mass is 9.81. The molecule has 2 aliphatic heterocycles. The third kappa shape index (κ3) is 4.94. The molecule has 1 saturated heterocycles. The molecule has 1 atom stereocenters. The van der Waals surface area contributed by atoms with E-state index in [0.717, 1.165) is 16.7 Å². The Kier molecular flexibility index (Phi) is 8.24. The molecular weight excluding hydrogens is 594 g/mol. The Hall–Kier alpha value is -2.53. The summed E-state index contributed by atoms with van der Waals surface area (Å²) in [4.78, 5) is 9.50. The molecule has 42 heavy (non-hydrogen) atoms. The highest BCUT2D eigenvalue weighted by Crippen LogP contribution is 2.51. The molecule has 2 aliphatic rings. The van der Waals surface area contributed by atoms with Crippen LogP contribution >= 0.6 is 11.6 Å². The van der Waals surface area contributed by atoms with E-state index >= 15 is 0 Å². The van der Waals surface area contributed by atoms with E-state index in [-0.39, 0.29) is 16.0 Å². The van der Waals surface area contributed by atoms with Crippen LogP contribution < -0.4 is 10.1 Å². The number of nitrogens with one attached hydrogen (secondary N) is 1. The first-order valence-electron chi connectivity index (χ1n) is 14.4. The van der Waals surface area contributed by atoms with Gasteiger partial charge >= 0.3 is 0 Å². The first kappa shape index (κ1) is 30.9. The van der Waals surface area contributed by atoms with Gasteiger partial charge < -0.3 is 10.1 Å². The number of aryl methyl sites for hydroxylation is 1. The Morgan fingerprint density at radius 2 is 1.69 bits per heavy atom. The van der Waals surface area contributed by atoms with E-state index in [1.165, 1.54) is 6.20 Å². The van der Waals surface area contributed by atoms with Crippen molar-refractivity contribution in [3.8, 4) is 28.4 Å². The Morgan fingerprint density at radius 3 is 2.33 bits per heavy atom. The predicted octanol–water partition coefficient (Wildman–Crippen LogP) is 5.68. The molecule has 0 spiro atoms. The molecule has 3 aromatic rings. The number of halogens is 1. The van der Waals surface area contributed by atoms with Crippen molar-refractivity contribution >= 4 is 31.3 Å². The smallest absolute Gasteiger partial charge is 0.181 e. The topological polar surface area (TPSA) is 115 Å². The van der Waals surface area contributed by atoms with Gasteiger partial charge in [-0.3, -0.25) is 0 Å². The molecule has 226 valence electrons. The van der Waals surface area contributed by atoms with Gasteiger partial charge in [0.15, 0.2) is 25.5 Å². The van der Waals surface area contributed by atoms with E-state index in [1.54, 1.807) is 52.0 Å². The fraction of sp³-hybridized carbons (Fsp3) is 0.484. The summed E-state index contributed by atoms with van der Waals surface area (Å²) in [5, 5.41) is 2.39. The standard InChI is InChI=1S/C31H38ClN3O5S2/c1-18(2)41(36,37)26-10-8-7-9-22(26)28-25(32)17-34-30(35-28)24-15-20(5)27(23-16-21(6)40-29(23)24)31(11-13-33-14-12-31)42(38,39)19(3)4/h7-10,15,17-19,21,33H,11-14,16H2,1-6H3. The molecular formula is C31H38ClN3O5S2. The number of hydrogen-bond acceptors (Lipinski definition) is 8. The van der Waals surface area contributed by atoms with Crippen molar-refractivity contribution in [2.75, 3.05) is 13.1 Å². The number of aromatic nitrogens is 2. The molecule has 3 heterocycles. The van der Waals surface area contributed by atoms with E-state index in [2.05, 4.69) is 10.3 Å². The van der Waals surface area contributed by atoms with Crippen molar-refractivity contribution in [3.05, 3.63) is 58.2 Å². The molecule has 0 saturated carbocycles. The van der Waals surface area contributed by atoms with Gasteiger partial charge in [-0.15, -0.1) is 0 Å². The summed E-state index contributed by atoms with van der Waals surface area (Å²) >= 11 is 6.59. The first-order chi connectivity index (χ1) is 19.7. The van der Waals surface area contributed by atoms with Crippen LogP contribution in [-0.2, 0) is 30.8 Å². The van der Waals surface area contributed by atoms with Crippen molar-refractivity contribution < 1.29 is 21.6 Å². The summed E-state index contributed by atoms with van der Waals surface area (Å²) in [5.74, 6) is 0.911. The molecule has 8 nitrogen and oxygen atoms in total. The lowest BCUT2D eigenvalue weighted by Crippen LogP contribution is -2.49. The predicted molar refractivity (Wildman–Crippen MR) is 167 cm³/mol. The van der Waals surface area contributed by atoms with Crippen LogP contribution in [0.15, 0.2) is 41.4 Å². The number of ether oxygens (including phenoxy) is 1. The van der Waals surface area contributed by atoms with Crippen molar-refractivity contribution in [2.45, 2.75) is 87.1 Å². The highest BCUT2D eigenvalue weighted by molar-refractivity contribution is 7.93. The molecule has 5 rings (SSSR count). The Labute approximate surface area is 254 Å². The molecule has 0 radical (unpaired) electrons. The highest BCUT2D eigenvalue weighted by atomic mass is 35.5. The SMILES string of the molecule is Cc1cc(-c2ncc(Cl)c(-c3ccccc3S(=O)(=O)C(C)C)n2)c2c(c1C1(S(=O)(=O)C(C)C)CCNCC1)CC(C)O2. The molecule has 1 N–H and O–H groups in total. The summed E-state index contributed by atoms with van der Waals surface area (Å²) in [7, 11) is -7.15. The second-order valence-electron chi connectivity index (χ2n) is 11.9. The average Bonchev–Trinajstić information content (AvgIpc) is 3.33. The molecule has 0 amide bonds. The number of nitrogens with zero attached hydrogens (tertiary/aromatic N) is 2. The van der Waals surface area contributed by atoms with Gasteiger partial charge in [0.05, 0.1) is 37.9 Å². The van der Waals surface area contributed by atoms with Gasteiger partial charge in [0.25, 0.3) is 0 Å². The van der Waals surface area contributed by atoms with Crippen LogP contribution in [-0.4, -0.2) is 56.5 Å². The van der Waals surface area contributed by atoms with E-state index in [9.17, 15) is 16.8 Å². The van der Waals surface area contributed by atoms with Crippen molar-refractivity contribution in [1.29, 1.82) is 0 Å². The van der Waals surface area contributed by atoms with Crippen molar-refractivity contribution in [2.24, 2.45) is 0 Å². The summed E-state index contributed by atoms with van der Waals surface area (Å²) < 4.78 is 59.8. The fourth-order valence-electron chi connectivity index (χ4n) is 6.34. The van der Waals surface area contributed by atoms with Crippen molar-refractivity contribution in [1.82, 2.24) is 15.3 Å². The monoisotopic (exact) mass is 631 g/mol. The summed E-state index contributed by atoms with van der Waals surface area (Å²) in [6, 6.07) is 8.61. The van der Waals surface area contributed by atoms with Crippen LogP contribution in [0.1, 0.15) is 64.2 Å². The summed E-state index contributed by atoms with van der Waals surface area (Å²) in [5.41, 5.74) is 3.89. The van der Waals surface area contributed by atoms with Gasteiger partial charge in [-0.1, -0.05) is 29.8 Å². The maximum Gasteiger partial charge on any atom is 0.181 e. The maximum atomic E-state index is 14.0. The van der Waals surface area contributed by atoms with Gasteiger partial charge in [-0.2, -0.15) is 0 Å². The number of fused-ring (bicyclic) bond motifs is 1. The fourth-order valence-corrected chi connectivity index (χ4v) is 10.0. The minimum Gasteiger partial charge on any atom is -0.489 e. The number of benzene rings is 2. The summed E-state index contributed by atoms with van der Waals surface area (Å²) in [6.45, 7) is 11.9. The molecule has 0 bridgehead atoms. The minimum absolute atomic E-state index is 0.153. The molecule has 11 heteroatoms. The molecule has 0 aliphatic carbocycles. The van der Waals surface area contributed by atoms with E-state index in [4.69, 9.17) is 21.3 Å². The number of rotatable bonds is 7. The molecule has 1 aromatic heterocycles. The number of hydrogen-bond donors (Lipinski definition) is 1. The molecule has 1 fully saturated rings. The third-order valence-corrected chi connectivity index (χ3v) is 13.9. The average molecular weight is 632 g/mol. The van der Waals surface area contributed by atoms with Crippen LogP contribution in [0.25, 0.3) is 22.6 Å². The normalized spacial score (nSPS) is 18.7. The Balaban J connectivity index is 1.74. The highest BCUT2D eigenvalue weighted by Gasteiger charge is 2.50. The Morgan fingerprint density at radius 1 is 1.02 bits per heavy atom. The Bertz CT molecular complexity index is 1750. The van der Waals surface area contributed by atoms with Gasteiger partial charge in [-0.05, 0) is 90.7 Å². The zero-order valence-corrected chi connectivity index (χ0v) is 27.3. The van der Waals surface area contributed by atoms with Crippen molar-refractivity contribution in [3.63, 3.8) is 0 Å². The van der Waals surface area contributed by atoms with Crippen LogP contribution in [0.3, 0.4) is 0 Å². The second kappa shape index (κ2) is 11.2. The van der Waals surface area contributed by atoms with Gasteiger partial charge in [-0.25, -0.2) is 26.8 Å². The molecule has 2 aromatic carbocycles. The van der Waals surface area contributed by atoms with Crippen LogP contribution in [0, 0.1) is 6.92 Å². The van der Waals surface area contributed by atoms with Crippen LogP contribution in [0.4, 0.5) is 0 Å². The largest absolute Gasteiger partial charge is 0.489 e. The lowest BCUT2D eigenvalue weighted by Gasteiger charge is -2.41. The third-order valence-electron chi connectivity index (χ3n) is 8.47.